The Bertz CT molecular complexity index is 1030. The SMILES string of the molecule is CC1CCN(C(CNS(=O)(=O)c2ccccc2S(C)(=O)=O)c2ccccc2)CC1. The Labute approximate surface area is 173 Å². The molecule has 29 heavy (non-hydrogen) atoms. The van der Waals surface area contributed by atoms with Crippen molar-refractivity contribution in [1.82, 2.24) is 9.62 Å². The van der Waals surface area contributed by atoms with Crippen molar-refractivity contribution in [2.45, 2.75) is 35.6 Å². The number of sulfonamides is 1. The van der Waals surface area contributed by atoms with Gasteiger partial charge in [0.25, 0.3) is 0 Å². The average molecular weight is 437 g/mol. The first-order chi connectivity index (χ1) is 13.7. The normalized spacial score (nSPS) is 17.9. The zero-order chi connectivity index (χ0) is 21.1. The summed E-state index contributed by atoms with van der Waals surface area (Å²) in [6.07, 6.45) is 3.17. The lowest BCUT2D eigenvalue weighted by atomic mass is 9.96. The molecule has 0 aliphatic carbocycles. The number of hydrogen-bond donors (Lipinski definition) is 1. The molecule has 1 N–H and O–H groups in total. The van der Waals surface area contributed by atoms with E-state index in [2.05, 4.69) is 16.5 Å². The second-order valence-electron chi connectivity index (χ2n) is 7.72. The largest absolute Gasteiger partial charge is 0.295 e. The molecule has 0 saturated carbocycles. The van der Waals surface area contributed by atoms with Gasteiger partial charge in [-0.15, -0.1) is 0 Å². The van der Waals surface area contributed by atoms with Gasteiger partial charge in [0.05, 0.1) is 4.90 Å². The summed E-state index contributed by atoms with van der Waals surface area (Å²) in [6.45, 7) is 4.23. The minimum atomic E-state index is -3.98. The Morgan fingerprint density at radius 2 is 1.48 bits per heavy atom. The molecule has 2 aromatic rings. The Hall–Kier alpha value is -1.74. The first-order valence-electron chi connectivity index (χ1n) is 9.76. The lowest BCUT2D eigenvalue weighted by Crippen LogP contribution is -2.42. The fourth-order valence-corrected chi connectivity index (χ4v) is 6.38. The van der Waals surface area contributed by atoms with Gasteiger partial charge < -0.3 is 0 Å². The Kier molecular flexibility index (Phi) is 6.78. The lowest BCUT2D eigenvalue weighted by molar-refractivity contribution is 0.139. The first kappa shape index (κ1) is 22.0. The van der Waals surface area contributed by atoms with Crippen molar-refractivity contribution in [3.05, 3.63) is 60.2 Å². The Morgan fingerprint density at radius 3 is 2.07 bits per heavy atom. The molecule has 0 radical (unpaired) electrons. The monoisotopic (exact) mass is 436 g/mol. The molecule has 1 fully saturated rings. The standard InChI is InChI=1S/C21H28N2O4S2/c1-17-12-14-23(15-13-17)19(18-8-4-3-5-9-18)16-22-29(26,27)21-11-7-6-10-20(21)28(2,24)25/h3-11,17,19,22H,12-16H2,1-2H3. The molecular formula is C21H28N2O4S2. The van der Waals surface area contributed by atoms with Crippen LogP contribution >= 0.6 is 0 Å². The number of sulfone groups is 1. The molecule has 1 aliphatic heterocycles. The smallest absolute Gasteiger partial charge is 0.241 e. The number of likely N-dealkylation sites (tertiary alicyclic amines) is 1. The third-order valence-corrected chi connectivity index (χ3v) is 8.21. The number of benzene rings is 2. The van der Waals surface area contributed by atoms with Crippen LogP contribution in [0.25, 0.3) is 0 Å². The summed E-state index contributed by atoms with van der Waals surface area (Å²) in [7, 11) is -7.65. The van der Waals surface area contributed by atoms with Gasteiger partial charge >= 0.3 is 0 Å². The van der Waals surface area contributed by atoms with E-state index in [1.807, 2.05) is 30.3 Å². The second kappa shape index (κ2) is 8.95. The molecule has 6 nitrogen and oxygen atoms in total. The van der Waals surface area contributed by atoms with Crippen molar-refractivity contribution in [2.24, 2.45) is 5.92 Å². The van der Waals surface area contributed by atoms with Gasteiger partial charge in [0.1, 0.15) is 4.90 Å². The zero-order valence-corrected chi connectivity index (χ0v) is 18.4. The summed E-state index contributed by atoms with van der Waals surface area (Å²) in [5.74, 6) is 0.668. The molecule has 0 amide bonds. The van der Waals surface area contributed by atoms with Gasteiger partial charge in [-0.1, -0.05) is 49.4 Å². The van der Waals surface area contributed by atoms with Crippen molar-refractivity contribution >= 4 is 19.9 Å². The van der Waals surface area contributed by atoms with Crippen LogP contribution in [0.1, 0.15) is 31.4 Å². The van der Waals surface area contributed by atoms with Gasteiger partial charge in [-0.05, 0) is 49.5 Å². The highest BCUT2D eigenvalue weighted by Gasteiger charge is 2.28. The van der Waals surface area contributed by atoms with Crippen LogP contribution in [0.15, 0.2) is 64.4 Å². The van der Waals surface area contributed by atoms with Crippen LogP contribution in [0.5, 0.6) is 0 Å². The highest BCUT2D eigenvalue weighted by molar-refractivity contribution is 7.93. The van der Waals surface area contributed by atoms with E-state index in [1.165, 1.54) is 24.3 Å². The molecule has 158 valence electrons. The molecule has 0 spiro atoms. The summed E-state index contributed by atoms with van der Waals surface area (Å²) in [5.41, 5.74) is 1.04. The summed E-state index contributed by atoms with van der Waals surface area (Å²) in [6, 6.07) is 15.4. The highest BCUT2D eigenvalue weighted by Crippen LogP contribution is 2.27. The predicted molar refractivity (Wildman–Crippen MR) is 114 cm³/mol. The Balaban J connectivity index is 1.86. The fraction of sp³-hybridized carbons (Fsp3) is 0.429. The van der Waals surface area contributed by atoms with Crippen LogP contribution in [-0.2, 0) is 19.9 Å². The van der Waals surface area contributed by atoms with Gasteiger partial charge in [0.15, 0.2) is 9.84 Å². The third-order valence-electron chi connectivity index (χ3n) is 5.45. The second-order valence-corrected chi connectivity index (χ2v) is 11.4. The number of nitrogens with one attached hydrogen (secondary N) is 1. The maximum Gasteiger partial charge on any atom is 0.241 e. The van der Waals surface area contributed by atoms with E-state index in [1.54, 1.807) is 0 Å². The first-order valence-corrected chi connectivity index (χ1v) is 13.1. The maximum atomic E-state index is 13.0. The van der Waals surface area contributed by atoms with Crippen molar-refractivity contribution in [3.63, 3.8) is 0 Å². The van der Waals surface area contributed by atoms with E-state index in [0.29, 0.717) is 5.92 Å². The molecule has 0 aromatic heterocycles. The van der Waals surface area contributed by atoms with Crippen molar-refractivity contribution < 1.29 is 16.8 Å². The van der Waals surface area contributed by atoms with E-state index in [-0.39, 0.29) is 22.4 Å². The van der Waals surface area contributed by atoms with Crippen molar-refractivity contribution in [1.29, 1.82) is 0 Å². The summed E-state index contributed by atoms with van der Waals surface area (Å²) >= 11 is 0. The Morgan fingerprint density at radius 1 is 0.931 bits per heavy atom. The van der Waals surface area contributed by atoms with Gasteiger partial charge in [0, 0.05) is 18.8 Å². The number of hydrogen-bond acceptors (Lipinski definition) is 5. The number of piperidine rings is 1. The molecule has 1 unspecified atom stereocenters. The average Bonchev–Trinajstić information content (AvgIpc) is 2.69. The number of rotatable bonds is 7. The summed E-state index contributed by atoms with van der Waals surface area (Å²) < 4.78 is 52.7. The van der Waals surface area contributed by atoms with Gasteiger partial charge in [-0.2, -0.15) is 0 Å². The molecule has 1 saturated heterocycles. The topological polar surface area (TPSA) is 83.6 Å². The molecule has 1 aliphatic rings. The van der Waals surface area contributed by atoms with Crippen LogP contribution in [0.4, 0.5) is 0 Å². The van der Waals surface area contributed by atoms with E-state index >= 15 is 0 Å². The molecule has 8 heteroatoms. The van der Waals surface area contributed by atoms with E-state index in [9.17, 15) is 16.8 Å². The van der Waals surface area contributed by atoms with E-state index < -0.39 is 19.9 Å². The molecule has 1 atom stereocenters. The minimum Gasteiger partial charge on any atom is -0.295 e. The highest BCUT2D eigenvalue weighted by atomic mass is 32.2. The molecule has 1 heterocycles. The van der Waals surface area contributed by atoms with Crippen molar-refractivity contribution in [3.8, 4) is 0 Å². The van der Waals surface area contributed by atoms with Gasteiger partial charge in [0.2, 0.25) is 10.0 Å². The summed E-state index contributed by atoms with van der Waals surface area (Å²) in [4.78, 5) is 1.91. The van der Waals surface area contributed by atoms with Crippen LogP contribution in [0.3, 0.4) is 0 Å². The quantitative estimate of drug-likeness (QED) is 0.722. The van der Waals surface area contributed by atoms with Crippen LogP contribution in [0, 0.1) is 5.92 Å². The van der Waals surface area contributed by atoms with Crippen LogP contribution in [0.2, 0.25) is 0 Å². The molecule has 0 bridgehead atoms. The van der Waals surface area contributed by atoms with E-state index in [4.69, 9.17) is 0 Å². The van der Waals surface area contributed by atoms with Crippen LogP contribution in [-0.4, -0.2) is 47.6 Å². The summed E-state index contributed by atoms with van der Waals surface area (Å²) in [5, 5.41) is 0. The predicted octanol–water partition coefficient (Wildman–Crippen LogP) is 2.84. The molecular weight excluding hydrogens is 408 g/mol. The van der Waals surface area contributed by atoms with Crippen molar-refractivity contribution in [2.75, 3.05) is 25.9 Å². The molecule has 2 aromatic carbocycles. The minimum absolute atomic E-state index is 0.108. The van der Waals surface area contributed by atoms with E-state index in [0.717, 1.165) is 37.8 Å². The van der Waals surface area contributed by atoms with Gasteiger partial charge in [-0.25, -0.2) is 21.6 Å². The van der Waals surface area contributed by atoms with Gasteiger partial charge in [-0.3, -0.25) is 4.90 Å². The molecule has 3 rings (SSSR count). The third kappa shape index (κ3) is 5.45. The number of nitrogens with zero attached hydrogens (tertiary/aromatic N) is 1. The zero-order valence-electron chi connectivity index (χ0n) is 16.8. The maximum absolute atomic E-state index is 13.0. The van der Waals surface area contributed by atoms with Crippen LogP contribution < -0.4 is 4.72 Å². The lowest BCUT2D eigenvalue weighted by Gasteiger charge is -2.37. The fourth-order valence-electron chi connectivity index (χ4n) is 3.72.